The minimum absolute atomic E-state index is 0.0413. The summed E-state index contributed by atoms with van der Waals surface area (Å²) < 4.78 is 36.4. The molecule has 0 radical (unpaired) electrons. The maximum absolute atomic E-state index is 12.8. The number of halogens is 2. The SMILES string of the molecule is CC(CCl)COc1ccc(S(=O)(=O)c2ccc(OCC(O)CO)cc2)cc1Cl. The molecule has 0 saturated heterocycles. The van der Waals surface area contributed by atoms with Crippen molar-refractivity contribution in [3.8, 4) is 11.5 Å². The zero-order valence-electron chi connectivity index (χ0n) is 15.2. The number of benzene rings is 2. The van der Waals surface area contributed by atoms with Gasteiger partial charge >= 0.3 is 0 Å². The third-order valence-electron chi connectivity index (χ3n) is 3.79. The molecule has 0 heterocycles. The topological polar surface area (TPSA) is 93.1 Å². The Balaban J connectivity index is 2.14. The first-order valence-corrected chi connectivity index (χ1v) is 10.9. The van der Waals surface area contributed by atoms with Crippen LogP contribution in [-0.2, 0) is 9.84 Å². The van der Waals surface area contributed by atoms with Crippen molar-refractivity contribution in [1.29, 1.82) is 0 Å². The minimum atomic E-state index is -3.77. The Morgan fingerprint density at radius 3 is 2.25 bits per heavy atom. The summed E-state index contributed by atoms with van der Waals surface area (Å²) in [5, 5.41) is 18.2. The second-order valence-corrected chi connectivity index (χ2v) is 8.95. The largest absolute Gasteiger partial charge is 0.492 e. The summed E-state index contributed by atoms with van der Waals surface area (Å²) >= 11 is 11.9. The summed E-state index contributed by atoms with van der Waals surface area (Å²) in [7, 11) is -3.77. The van der Waals surface area contributed by atoms with E-state index >= 15 is 0 Å². The zero-order valence-corrected chi connectivity index (χ0v) is 17.5. The molecule has 0 aliphatic carbocycles. The summed E-state index contributed by atoms with van der Waals surface area (Å²) in [6, 6.07) is 10.0. The predicted molar refractivity (Wildman–Crippen MR) is 107 cm³/mol. The van der Waals surface area contributed by atoms with E-state index < -0.39 is 22.5 Å². The van der Waals surface area contributed by atoms with Gasteiger partial charge in [0, 0.05) is 11.8 Å². The Kier molecular flexibility index (Phi) is 8.39. The summed E-state index contributed by atoms with van der Waals surface area (Å²) in [6.07, 6.45) is -1.00. The molecule has 9 heteroatoms. The van der Waals surface area contributed by atoms with Crippen molar-refractivity contribution in [2.45, 2.75) is 22.8 Å². The fourth-order valence-corrected chi connectivity index (χ4v) is 3.81. The van der Waals surface area contributed by atoms with E-state index in [1.807, 2.05) is 6.92 Å². The molecular weight excluding hydrogens is 427 g/mol. The van der Waals surface area contributed by atoms with Crippen LogP contribution in [0.25, 0.3) is 0 Å². The van der Waals surface area contributed by atoms with E-state index in [0.717, 1.165) is 0 Å². The second kappa shape index (κ2) is 10.3. The maximum Gasteiger partial charge on any atom is 0.206 e. The van der Waals surface area contributed by atoms with E-state index in [1.54, 1.807) is 0 Å². The van der Waals surface area contributed by atoms with Gasteiger partial charge in [0.25, 0.3) is 0 Å². The minimum Gasteiger partial charge on any atom is -0.492 e. The van der Waals surface area contributed by atoms with Crippen molar-refractivity contribution in [2.24, 2.45) is 5.92 Å². The van der Waals surface area contributed by atoms with Gasteiger partial charge in [0.1, 0.15) is 24.2 Å². The molecule has 0 spiro atoms. The summed E-state index contributed by atoms with van der Waals surface area (Å²) in [5.74, 6) is 1.36. The van der Waals surface area contributed by atoms with Gasteiger partial charge in [-0.05, 0) is 42.5 Å². The second-order valence-electron chi connectivity index (χ2n) is 6.28. The molecule has 0 aliphatic heterocycles. The van der Waals surface area contributed by atoms with E-state index in [0.29, 0.717) is 24.0 Å². The van der Waals surface area contributed by atoms with Crippen molar-refractivity contribution in [1.82, 2.24) is 0 Å². The number of aliphatic hydroxyl groups excluding tert-OH is 2. The Labute approximate surface area is 174 Å². The molecule has 0 amide bonds. The van der Waals surface area contributed by atoms with Crippen LogP contribution in [0.4, 0.5) is 0 Å². The highest BCUT2D eigenvalue weighted by atomic mass is 35.5. The van der Waals surface area contributed by atoms with Crippen LogP contribution < -0.4 is 9.47 Å². The molecule has 0 bridgehead atoms. The third-order valence-corrected chi connectivity index (χ3v) is 6.38. The normalized spacial score (nSPS) is 13.8. The number of aliphatic hydroxyl groups is 2. The average Bonchev–Trinajstić information content (AvgIpc) is 2.70. The van der Waals surface area contributed by atoms with Crippen molar-refractivity contribution in [3.63, 3.8) is 0 Å². The average molecular weight is 449 g/mol. The molecule has 2 atom stereocenters. The number of hydrogen-bond donors (Lipinski definition) is 2. The molecule has 2 aromatic carbocycles. The van der Waals surface area contributed by atoms with Gasteiger partial charge in [-0.15, -0.1) is 11.6 Å². The Bertz CT molecular complexity index is 870. The van der Waals surface area contributed by atoms with Gasteiger partial charge in [-0.25, -0.2) is 8.42 Å². The Morgan fingerprint density at radius 2 is 1.68 bits per heavy atom. The van der Waals surface area contributed by atoms with Crippen molar-refractivity contribution < 1.29 is 28.1 Å². The molecule has 0 fully saturated rings. The summed E-state index contributed by atoms with van der Waals surface area (Å²) in [6.45, 7) is 1.79. The van der Waals surface area contributed by atoms with Crippen LogP contribution in [0.3, 0.4) is 0 Å². The quantitative estimate of drug-likeness (QED) is 0.542. The lowest BCUT2D eigenvalue weighted by atomic mass is 10.2. The number of ether oxygens (including phenoxy) is 2. The molecule has 154 valence electrons. The van der Waals surface area contributed by atoms with Gasteiger partial charge in [-0.2, -0.15) is 0 Å². The number of hydrogen-bond acceptors (Lipinski definition) is 6. The lowest BCUT2D eigenvalue weighted by molar-refractivity contribution is 0.0536. The van der Waals surface area contributed by atoms with Gasteiger partial charge in [0.15, 0.2) is 0 Å². The fraction of sp³-hybridized carbons (Fsp3) is 0.368. The monoisotopic (exact) mass is 448 g/mol. The number of alkyl halides is 1. The number of rotatable bonds is 10. The lowest BCUT2D eigenvalue weighted by Gasteiger charge is -2.13. The standard InChI is InChI=1S/C19H22Cl2O6S/c1-13(9-20)11-27-19-7-6-17(8-18(19)21)28(24,25)16-4-2-15(3-5-16)26-12-14(23)10-22/h2-8,13-14,22-23H,9-12H2,1H3. The van der Waals surface area contributed by atoms with E-state index in [4.69, 9.17) is 37.8 Å². The number of sulfone groups is 1. The molecule has 0 saturated carbocycles. The van der Waals surface area contributed by atoms with Crippen molar-refractivity contribution >= 4 is 33.0 Å². The van der Waals surface area contributed by atoms with Crippen LogP contribution in [0, 0.1) is 5.92 Å². The molecule has 6 nitrogen and oxygen atoms in total. The van der Waals surface area contributed by atoms with Gasteiger partial charge in [0.05, 0.1) is 28.0 Å². The molecule has 2 unspecified atom stereocenters. The predicted octanol–water partition coefficient (Wildman–Crippen LogP) is 3.16. The molecule has 0 aromatic heterocycles. The highest BCUT2D eigenvalue weighted by molar-refractivity contribution is 7.91. The highest BCUT2D eigenvalue weighted by Gasteiger charge is 2.19. The smallest absolute Gasteiger partial charge is 0.206 e. The molecular formula is C19H22Cl2O6S. The first-order valence-electron chi connectivity index (χ1n) is 8.53. The van der Waals surface area contributed by atoms with Crippen LogP contribution >= 0.6 is 23.2 Å². The molecule has 2 aromatic rings. The van der Waals surface area contributed by atoms with Crippen LogP contribution in [0.15, 0.2) is 52.3 Å². The van der Waals surface area contributed by atoms with Crippen LogP contribution in [-0.4, -0.2) is 50.4 Å². The molecule has 2 N–H and O–H groups in total. The Hall–Kier alpha value is -1.51. The van der Waals surface area contributed by atoms with Crippen LogP contribution in [0.2, 0.25) is 5.02 Å². The Morgan fingerprint density at radius 1 is 1.04 bits per heavy atom. The first-order chi connectivity index (χ1) is 13.3. The van der Waals surface area contributed by atoms with E-state index in [2.05, 4.69) is 0 Å². The van der Waals surface area contributed by atoms with E-state index in [9.17, 15) is 13.5 Å². The van der Waals surface area contributed by atoms with Gasteiger partial charge < -0.3 is 19.7 Å². The fourth-order valence-electron chi connectivity index (χ4n) is 2.14. The first kappa shape index (κ1) is 22.8. The summed E-state index contributed by atoms with van der Waals surface area (Å²) in [5.41, 5.74) is 0. The lowest BCUT2D eigenvalue weighted by Crippen LogP contribution is -2.21. The van der Waals surface area contributed by atoms with E-state index in [-0.39, 0.29) is 27.3 Å². The van der Waals surface area contributed by atoms with Gasteiger partial charge in [-0.3, -0.25) is 0 Å². The summed E-state index contributed by atoms with van der Waals surface area (Å²) in [4.78, 5) is 0.114. The zero-order chi connectivity index (χ0) is 20.7. The molecule has 2 rings (SSSR count). The maximum atomic E-state index is 12.8. The molecule has 28 heavy (non-hydrogen) atoms. The van der Waals surface area contributed by atoms with Crippen molar-refractivity contribution in [3.05, 3.63) is 47.5 Å². The van der Waals surface area contributed by atoms with Gasteiger partial charge in [0.2, 0.25) is 9.84 Å². The van der Waals surface area contributed by atoms with Crippen LogP contribution in [0.5, 0.6) is 11.5 Å². The third kappa shape index (κ3) is 5.99. The van der Waals surface area contributed by atoms with Crippen molar-refractivity contribution in [2.75, 3.05) is 25.7 Å². The highest BCUT2D eigenvalue weighted by Crippen LogP contribution is 2.31. The van der Waals surface area contributed by atoms with Crippen LogP contribution in [0.1, 0.15) is 6.92 Å². The molecule has 0 aliphatic rings. The van der Waals surface area contributed by atoms with E-state index in [1.165, 1.54) is 42.5 Å². The van der Waals surface area contributed by atoms with Gasteiger partial charge in [-0.1, -0.05) is 18.5 Å².